The fourth-order valence-electron chi connectivity index (χ4n) is 1.89. The Hall–Kier alpha value is -2.92. The summed E-state index contributed by atoms with van der Waals surface area (Å²) in [6.45, 7) is 1.98. The maximum Gasteiger partial charge on any atom is 0.331 e. The summed E-state index contributed by atoms with van der Waals surface area (Å²) in [5.41, 5.74) is 2.42. The summed E-state index contributed by atoms with van der Waals surface area (Å²) in [6.07, 6.45) is 3.41. The van der Waals surface area contributed by atoms with E-state index in [9.17, 15) is 9.59 Å². The Morgan fingerprint density at radius 1 is 1.50 bits per heavy atom. The number of hydrogen-bond donors (Lipinski definition) is 1. The molecule has 1 aliphatic heterocycles. The zero-order chi connectivity index (χ0) is 17.5. The van der Waals surface area contributed by atoms with Crippen LogP contribution in [0, 0.1) is 11.3 Å². The van der Waals surface area contributed by atoms with Crippen LogP contribution < -0.4 is 5.32 Å². The van der Waals surface area contributed by atoms with Crippen molar-refractivity contribution >= 4 is 35.0 Å². The van der Waals surface area contributed by atoms with E-state index in [0.717, 1.165) is 35.4 Å². The molecule has 122 valence electrons. The Labute approximate surface area is 143 Å². The lowest BCUT2D eigenvalue weighted by atomic mass is 10.0. The lowest BCUT2D eigenvalue weighted by molar-refractivity contribution is -0.135. The monoisotopic (exact) mass is 342 g/mol. The molecule has 1 aliphatic rings. The van der Waals surface area contributed by atoms with Gasteiger partial charge in [0.15, 0.2) is 5.17 Å². The van der Waals surface area contributed by atoms with Gasteiger partial charge in [0.05, 0.1) is 29.9 Å². The van der Waals surface area contributed by atoms with E-state index in [4.69, 9.17) is 5.26 Å². The Bertz CT molecular complexity index is 806. The Balaban J connectivity index is 2.13. The highest BCUT2D eigenvalue weighted by Gasteiger charge is 2.24. The molecule has 24 heavy (non-hydrogen) atoms. The average molecular weight is 342 g/mol. The number of ether oxygens (including phenoxy) is 1. The quantitative estimate of drug-likeness (QED) is 0.388. The lowest BCUT2D eigenvalue weighted by Crippen LogP contribution is -2.19. The summed E-state index contributed by atoms with van der Waals surface area (Å²) in [5, 5.41) is 19.6. The van der Waals surface area contributed by atoms with Crippen molar-refractivity contribution in [3.05, 3.63) is 45.9 Å². The van der Waals surface area contributed by atoms with Gasteiger partial charge >= 0.3 is 5.97 Å². The van der Waals surface area contributed by atoms with E-state index in [1.54, 1.807) is 24.4 Å². The Morgan fingerprint density at radius 3 is 2.96 bits per heavy atom. The molecule has 0 aromatic heterocycles. The van der Waals surface area contributed by atoms with Gasteiger partial charge in [-0.2, -0.15) is 10.4 Å². The summed E-state index contributed by atoms with van der Waals surface area (Å²) in [4.78, 5) is 23.0. The number of nitriles is 1. The summed E-state index contributed by atoms with van der Waals surface area (Å²) in [6, 6.07) is 7.40. The SMILES string of the molecule is CCc1cc(C#N)ccc1C=N/N=C1/NC(=O)/C(=C\C(=O)OC)S1. The van der Waals surface area contributed by atoms with Crippen LogP contribution in [0.3, 0.4) is 0 Å². The summed E-state index contributed by atoms with van der Waals surface area (Å²) >= 11 is 1.01. The molecule has 0 radical (unpaired) electrons. The van der Waals surface area contributed by atoms with Crippen molar-refractivity contribution in [1.29, 1.82) is 5.26 Å². The van der Waals surface area contributed by atoms with Gasteiger partial charge in [-0.1, -0.05) is 13.0 Å². The van der Waals surface area contributed by atoms with Gasteiger partial charge in [-0.05, 0) is 41.4 Å². The van der Waals surface area contributed by atoms with Crippen LogP contribution in [-0.4, -0.2) is 30.4 Å². The van der Waals surface area contributed by atoms with Crippen LogP contribution in [0.5, 0.6) is 0 Å². The minimum absolute atomic E-state index is 0.198. The molecule has 2 rings (SSSR count). The third-order valence-electron chi connectivity index (χ3n) is 3.10. The number of amides is 1. The van der Waals surface area contributed by atoms with Crippen molar-refractivity contribution in [1.82, 2.24) is 5.32 Å². The maximum atomic E-state index is 11.7. The number of amidine groups is 1. The predicted molar refractivity (Wildman–Crippen MR) is 91.4 cm³/mol. The first-order chi connectivity index (χ1) is 11.6. The molecule has 1 fully saturated rings. The third-order valence-corrected chi connectivity index (χ3v) is 4.00. The standard InChI is InChI=1S/C16H14N4O3S/c1-3-11-6-10(8-17)4-5-12(11)9-18-20-16-19-15(22)13(24-16)7-14(21)23-2/h4-7,9H,3H2,1-2H3,(H,19,20,22)/b13-7+,18-9?. The molecule has 0 spiro atoms. The van der Waals surface area contributed by atoms with Crippen molar-refractivity contribution < 1.29 is 14.3 Å². The fourth-order valence-corrected chi connectivity index (χ4v) is 2.63. The predicted octanol–water partition coefficient (Wildman–Crippen LogP) is 1.73. The molecule has 1 N–H and O–H groups in total. The zero-order valence-corrected chi connectivity index (χ0v) is 13.9. The van der Waals surface area contributed by atoms with E-state index in [1.165, 1.54) is 7.11 Å². The van der Waals surface area contributed by atoms with Gasteiger partial charge in [-0.15, -0.1) is 5.10 Å². The minimum atomic E-state index is -0.609. The molecule has 1 heterocycles. The number of thioether (sulfide) groups is 1. The molecule has 0 bridgehead atoms. The number of esters is 1. The van der Waals surface area contributed by atoms with Gasteiger partial charge in [-0.25, -0.2) is 4.79 Å². The molecule has 8 heteroatoms. The molecule has 1 amide bonds. The number of aryl methyl sites for hydroxylation is 1. The minimum Gasteiger partial charge on any atom is -0.466 e. The maximum absolute atomic E-state index is 11.7. The normalized spacial score (nSPS) is 17.3. The number of benzene rings is 1. The summed E-state index contributed by atoms with van der Waals surface area (Å²) < 4.78 is 4.48. The molecule has 0 atom stereocenters. The van der Waals surface area contributed by atoms with E-state index >= 15 is 0 Å². The van der Waals surface area contributed by atoms with Crippen molar-refractivity contribution in [2.75, 3.05) is 7.11 Å². The number of nitrogens with one attached hydrogen (secondary N) is 1. The van der Waals surface area contributed by atoms with Crippen molar-refractivity contribution in [3.63, 3.8) is 0 Å². The lowest BCUT2D eigenvalue weighted by Gasteiger charge is -2.02. The van der Waals surface area contributed by atoms with Crippen LogP contribution in [0.1, 0.15) is 23.6 Å². The molecule has 7 nitrogen and oxygen atoms in total. The van der Waals surface area contributed by atoms with Gasteiger partial charge in [-0.3, -0.25) is 10.1 Å². The summed E-state index contributed by atoms with van der Waals surface area (Å²) in [7, 11) is 1.24. The number of carbonyl (C=O) groups is 2. The van der Waals surface area contributed by atoms with E-state index in [-0.39, 0.29) is 10.1 Å². The molecule has 0 unspecified atom stereocenters. The molecular formula is C16H14N4O3S. The molecule has 1 aromatic rings. The molecule has 0 aliphatic carbocycles. The van der Waals surface area contributed by atoms with Crippen LogP contribution in [0.4, 0.5) is 0 Å². The smallest absolute Gasteiger partial charge is 0.331 e. The van der Waals surface area contributed by atoms with Gasteiger partial charge in [0.1, 0.15) is 0 Å². The van der Waals surface area contributed by atoms with Crippen LogP contribution >= 0.6 is 11.8 Å². The first kappa shape index (κ1) is 17.4. The van der Waals surface area contributed by atoms with Crippen molar-refractivity contribution in [3.8, 4) is 6.07 Å². The van der Waals surface area contributed by atoms with Crippen LogP contribution in [-0.2, 0) is 20.7 Å². The highest BCUT2D eigenvalue weighted by atomic mass is 32.2. The molecule has 0 saturated carbocycles. The largest absolute Gasteiger partial charge is 0.466 e. The highest BCUT2D eigenvalue weighted by molar-refractivity contribution is 8.18. The van der Waals surface area contributed by atoms with Crippen LogP contribution in [0.15, 0.2) is 39.4 Å². The highest BCUT2D eigenvalue weighted by Crippen LogP contribution is 2.23. The first-order valence-electron chi connectivity index (χ1n) is 7.00. The first-order valence-corrected chi connectivity index (χ1v) is 7.82. The van der Waals surface area contributed by atoms with Crippen molar-refractivity contribution in [2.45, 2.75) is 13.3 Å². The topological polar surface area (TPSA) is 104 Å². The summed E-state index contributed by atoms with van der Waals surface area (Å²) in [5.74, 6) is -1.03. The Morgan fingerprint density at radius 2 is 2.29 bits per heavy atom. The van der Waals surface area contributed by atoms with Crippen molar-refractivity contribution in [2.24, 2.45) is 10.2 Å². The van der Waals surface area contributed by atoms with E-state index in [2.05, 4.69) is 26.3 Å². The molecule has 1 saturated heterocycles. The number of rotatable bonds is 4. The van der Waals surface area contributed by atoms with E-state index in [0.29, 0.717) is 5.56 Å². The second kappa shape index (κ2) is 8.08. The van der Waals surface area contributed by atoms with E-state index in [1.807, 2.05) is 6.92 Å². The number of nitrogens with zero attached hydrogens (tertiary/aromatic N) is 3. The average Bonchev–Trinajstić information content (AvgIpc) is 2.94. The van der Waals surface area contributed by atoms with Gasteiger partial charge in [0.25, 0.3) is 5.91 Å². The number of hydrogen-bond acceptors (Lipinski definition) is 7. The fraction of sp³-hybridized carbons (Fsp3) is 0.188. The Kier molecular flexibility index (Phi) is 5.87. The second-order valence-corrected chi connectivity index (χ2v) is 5.65. The number of carbonyl (C=O) groups excluding carboxylic acids is 2. The van der Waals surface area contributed by atoms with Crippen LogP contribution in [0.2, 0.25) is 0 Å². The van der Waals surface area contributed by atoms with Gasteiger partial charge in [0, 0.05) is 6.08 Å². The number of methoxy groups -OCH3 is 1. The molecular weight excluding hydrogens is 328 g/mol. The second-order valence-electron chi connectivity index (χ2n) is 4.62. The van der Waals surface area contributed by atoms with Gasteiger partial charge < -0.3 is 4.74 Å². The van der Waals surface area contributed by atoms with Crippen LogP contribution in [0.25, 0.3) is 0 Å². The third kappa shape index (κ3) is 4.30. The molecule has 1 aromatic carbocycles. The van der Waals surface area contributed by atoms with E-state index < -0.39 is 11.9 Å². The van der Waals surface area contributed by atoms with Gasteiger partial charge in [0.2, 0.25) is 0 Å². The zero-order valence-electron chi connectivity index (χ0n) is 13.1.